The van der Waals surface area contributed by atoms with Gasteiger partial charge in [-0.2, -0.15) is 0 Å². The molecule has 0 bridgehead atoms. The van der Waals surface area contributed by atoms with Gasteiger partial charge in [-0.05, 0) is 31.5 Å². The van der Waals surface area contributed by atoms with Crippen LogP contribution < -0.4 is 10.9 Å². The molecule has 0 saturated carbocycles. The van der Waals surface area contributed by atoms with Crippen molar-refractivity contribution in [1.29, 1.82) is 0 Å². The molecule has 2 rings (SSSR count). The largest absolute Gasteiger partial charge is 0.504 e. The van der Waals surface area contributed by atoms with Crippen molar-refractivity contribution >= 4 is 16.9 Å². The van der Waals surface area contributed by atoms with Gasteiger partial charge in [0.1, 0.15) is 0 Å². The molecule has 2 aromatic rings. The van der Waals surface area contributed by atoms with Gasteiger partial charge >= 0.3 is 5.63 Å². The molecular weight excluding hydrogens is 262 g/mol. The zero-order chi connectivity index (χ0) is 14.9. The molecule has 0 fully saturated rings. The molecule has 1 amide bonds. The summed E-state index contributed by atoms with van der Waals surface area (Å²) in [6.45, 7) is 3.93. The number of benzene rings is 1. The van der Waals surface area contributed by atoms with E-state index >= 15 is 0 Å². The Labute approximate surface area is 114 Å². The van der Waals surface area contributed by atoms with Crippen molar-refractivity contribution in [3.05, 3.63) is 33.7 Å². The Bertz CT molecular complexity index is 732. The number of aryl methyl sites for hydroxylation is 1. The Balaban J connectivity index is 2.61. The van der Waals surface area contributed by atoms with Crippen molar-refractivity contribution in [2.24, 2.45) is 0 Å². The molecule has 0 saturated heterocycles. The third kappa shape index (κ3) is 2.32. The minimum Gasteiger partial charge on any atom is -0.504 e. The second-order valence-electron chi connectivity index (χ2n) is 4.43. The topological polar surface area (TPSA) is 99.8 Å². The van der Waals surface area contributed by atoms with Gasteiger partial charge in [-0.15, -0.1) is 0 Å². The summed E-state index contributed by atoms with van der Waals surface area (Å²) in [5, 5.41) is 22.2. The number of hydrogen-bond acceptors (Lipinski definition) is 5. The number of aromatic hydroxyl groups is 2. The van der Waals surface area contributed by atoms with Crippen LogP contribution in [0.25, 0.3) is 11.0 Å². The van der Waals surface area contributed by atoms with Crippen LogP contribution in [0, 0.1) is 6.92 Å². The van der Waals surface area contributed by atoms with Crippen LogP contribution in [0.2, 0.25) is 0 Å². The van der Waals surface area contributed by atoms with Crippen LogP contribution in [0.5, 0.6) is 11.5 Å². The van der Waals surface area contributed by atoms with Crippen LogP contribution in [-0.4, -0.2) is 22.7 Å². The van der Waals surface area contributed by atoms with Gasteiger partial charge in [0.25, 0.3) is 0 Å². The highest BCUT2D eigenvalue weighted by atomic mass is 16.4. The summed E-state index contributed by atoms with van der Waals surface area (Å²) in [6.07, 6.45) is -0.0837. The highest BCUT2D eigenvalue weighted by Gasteiger charge is 2.17. The maximum Gasteiger partial charge on any atom is 0.340 e. The molecule has 3 N–H and O–H groups in total. The molecule has 0 aliphatic rings. The number of hydrogen-bond donors (Lipinski definition) is 3. The molecule has 0 atom stereocenters. The van der Waals surface area contributed by atoms with E-state index in [1.165, 1.54) is 12.1 Å². The molecule has 20 heavy (non-hydrogen) atoms. The standard InChI is InChI=1S/C14H15NO5/c1-3-15-11(17)6-9-7(2)8-4-5-10(16)12(18)13(8)20-14(9)19/h4-5,16,18H,3,6H2,1-2H3,(H,15,17). The lowest BCUT2D eigenvalue weighted by molar-refractivity contribution is -0.120. The number of rotatable bonds is 3. The minimum atomic E-state index is -0.692. The number of fused-ring (bicyclic) bond motifs is 1. The molecule has 0 spiro atoms. The number of likely N-dealkylation sites (N-methyl/N-ethyl adjacent to an activating group) is 1. The van der Waals surface area contributed by atoms with E-state index in [1.54, 1.807) is 13.8 Å². The first-order valence-corrected chi connectivity index (χ1v) is 6.19. The maximum atomic E-state index is 11.9. The summed E-state index contributed by atoms with van der Waals surface area (Å²) in [7, 11) is 0. The quantitative estimate of drug-likeness (QED) is 0.578. The van der Waals surface area contributed by atoms with E-state index < -0.39 is 11.4 Å². The lowest BCUT2D eigenvalue weighted by Gasteiger charge is -2.09. The Morgan fingerprint density at radius 2 is 2.05 bits per heavy atom. The van der Waals surface area contributed by atoms with Crippen LogP contribution >= 0.6 is 0 Å². The minimum absolute atomic E-state index is 0.0767. The van der Waals surface area contributed by atoms with Crippen molar-refractivity contribution in [3.8, 4) is 11.5 Å². The maximum absolute atomic E-state index is 11.9. The third-order valence-electron chi connectivity index (χ3n) is 3.12. The number of carbonyl (C=O) groups excluding carboxylic acids is 1. The lowest BCUT2D eigenvalue weighted by Crippen LogP contribution is -2.27. The van der Waals surface area contributed by atoms with Crippen molar-refractivity contribution in [2.45, 2.75) is 20.3 Å². The Morgan fingerprint density at radius 1 is 1.35 bits per heavy atom. The molecule has 6 heteroatoms. The molecular formula is C14H15NO5. The predicted octanol–water partition coefficient (Wildman–Crippen LogP) is 1.19. The van der Waals surface area contributed by atoms with Crippen LogP contribution in [0.3, 0.4) is 0 Å². The zero-order valence-electron chi connectivity index (χ0n) is 11.2. The Hall–Kier alpha value is -2.50. The van der Waals surface area contributed by atoms with E-state index in [0.717, 1.165) is 0 Å². The van der Waals surface area contributed by atoms with Gasteiger partial charge in [0.15, 0.2) is 11.3 Å². The molecule has 0 unspecified atom stereocenters. The van der Waals surface area contributed by atoms with E-state index in [0.29, 0.717) is 17.5 Å². The fourth-order valence-corrected chi connectivity index (χ4v) is 2.05. The summed E-state index contributed by atoms with van der Waals surface area (Å²) >= 11 is 0. The number of phenolic OH excluding ortho intramolecular Hbond substituents is 2. The Morgan fingerprint density at radius 3 is 2.70 bits per heavy atom. The van der Waals surface area contributed by atoms with E-state index in [2.05, 4.69) is 5.32 Å². The molecule has 0 radical (unpaired) electrons. The predicted molar refractivity (Wildman–Crippen MR) is 72.9 cm³/mol. The number of carbonyl (C=O) groups is 1. The van der Waals surface area contributed by atoms with Gasteiger partial charge in [0.05, 0.1) is 12.0 Å². The first-order valence-electron chi connectivity index (χ1n) is 6.19. The van der Waals surface area contributed by atoms with Crippen molar-refractivity contribution in [2.75, 3.05) is 6.54 Å². The molecule has 0 aliphatic carbocycles. The summed E-state index contributed by atoms with van der Waals surface area (Å²) in [6, 6.07) is 2.84. The highest BCUT2D eigenvalue weighted by Crippen LogP contribution is 2.34. The Kier molecular flexibility index (Phi) is 3.65. The zero-order valence-corrected chi connectivity index (χ0v) is 11.2. The van der Waals surface area contributed by atoms with Gasteiger partial charge < -0.3 is 19.9 Å². The highest BCUT2D eigenvalue weighted by molar-refractivity contribution is 5.89. The summed E-state index contributed by atoms with van der Waals surface area (Å²) in [5.41, 5.74) is 0.0284. The second-order valence-corrected chi connectivity index (χ2v) is 4.43. The van der Waals surface area contributed by atoms with Gasteiger partial charge in [0.2, 0.25) is 11.7 Å². The van der Waals surface area contributed by atoms with Crippen LogP contribution in [0.1, 0.15) is 18.1 Å². The molecule has 106 valence electrons. The van der Waals surface area contributed by atoms with E-state index in [4.69, 9.17) is 4.42 Å². The monoisotopic (exact) mass is 277 g/mol. The number of nitrogens with one attached hydrogen (secondary N) is 1. The van der Waals surface area contributed by atoms with Crippen molar-refractivity contribution < 1.29 is 19.4 Å². The number of amides is 1. The molecule has 0 aliphatic heterocycles. The fraction of sp³-hybridized carbons (Fsp3) is 0.286. The van der Waals surface area contributed by atoms with Gasteiger partial charge in [-0.1, -0.05) is 0 Å². The molecule has 1 aromatic carbocycles. The van der Waals surface area contributed by atoms with E-state index in [9.17, 15) is 19.8 Å². The van der Waals surface area contributed by atoms with Crippen LogP contribution in [0.15, 0.2) is 21.3 Å². The third-order valence-corrected chi connectivity index (χ3v) is 3.12. The average molecular weight is 277 g/mol. The SMILES string of the molecule is CCNC(=O)Cc1c(C)c2ccc(O)c(O)c2oc1=O. The van der Waals surface area contributed by atoms with Crippen molar-refractivity contribution in [1.82, 2.24) is 5.32 Å². The van der Waals surface area contributed by atoms with Crippen molar-refractivity contribution in [3.63, 3.8) is 0 Å². The summed E-state index contributed by atoms with van der Waals surface area (Å²) in [5.74, 6) is -1.12. The first kappa shape index (κ1) is 13.9. The number of phenols is 2. The van der Waals surface area contributed by atoms with E-state index in [-0.39, 0.29) is 29.2 Å². The van der Waals surface area contributed by atoms with Gasteiger partial charge in [-0.25, -0.2) is 4.79 Å². The van der Waals surface area contributed by atoms with Gasteiger partial charge in [0, 0.05) is 11.9 Å². The lowest BCUT2D eigenvalue weighted by atomic mass is 10.0. The van der Waals surface area contributed by atoms with E-state index in [1.807, 2.05) is 0 Å². The smallest absolute Gasteiger partial charge is 0.340 e. The fourth-order valence-electron chi connectivity index (χ4n) is 2.05. The van der Waals surface area contributed by atoms with Crippen LogP contribution in [0.4, 0.5) is 0 Å². The normalized spacial score (nSPS) is 10.7. The molecule has 1 aromatic heterocycles. The van der Waals surface area contributed by atoms with Gasteiger partial charge in [-0.3, -0.25) is 4.79 Å². The first-order chi connectivity index (χ1) is 9.45. The molecule has 6 nitrogen and oxygen atoms in total. The summed E-state index contributed by atoms with van der Waals surface area (Å²) in [4.78, 5) is 23.5. The summed E-state index contributed by atoms with van der Waals surface area (Å²) < 4.78 is 5.02. The second kappa shape index (κ2) is 5.24. The molecule has 1 heterocycles. The average Bonchev–Trinajstić information content (AvgIpc) is 2.40. The van der Waals surface area contributed by atoms with Crippen LogP contribution in [-0.2, 0) is 11.2 Å².